The van der Waals surface area contributed by atoms with Gasteiger partial charge in [0.05, 0.1) is 18.6 Å². The molecule has 0 aliphatic heterocycles. The number of esters is 1. The Labute approximate surface area is 110 Å². The minimum Gasteiger partial charge on any atom is -0.466 e. The highest BCUT2D eigenvalue weighted by atomic mass is 19.3. The number of rotatable bonds is 4. The molecular weight excluding hydrogens is 254 g/mol. The molecule has 1 aromatic heterocycles. The number of carbonyl (C=O) groups excluding carboxylic acids is 1. The van der Waals surface area contributed by atoms with E-state index < -0.39 is 6.43 Å². The van der Waals surface area contributed by atoms with Gasteiger partial charge in [-0.2, -0.15) is 5.10 Å². The molecule has 0 unspecified atom stereocenters. The number of carbonyl (C=O) groups is 1. The van der Waals surface area contributed by atoms with Crippen molar-refractivity contribution in [1.29, 1.82) is 0 Å². The SMILES string of the molecule is CCOC(=O)C1CCC(n2ccc(C(F)F)n2)CC1. The lowest BCUT2D eigenvalue weighted by atomic mass is 9.86. The minimum absolute atomic E-state index is 0.0543. The lowest BCUT2D eigenvalue weighted by Gasteiger charge is -2.27. The maximum atomic E-state index is 12.5. The summed E-state index contributed by atoms with van der Waals surface area (Å²) in [7, 11) is 0. The summed E-state index contributed by atoms with van der Waals surface area (Å²) in [6, 6.07) is 1.46. The third-order valence-electron chi connectivity index (χ3n) is 3.54. The first kappa shape index (κ1) is 14.0. The summed E-state index contributed by atoms with van der Waals surface area (Å²) in [6.07, 6.45) is 2.07. The van der Waals surface area contributed by atoms with Gasteiger partial charge in [0, 0.05) is 6.20 Å². The van der Waals surface area contributed by atoms with Crippen molar-refractivity contribution in [3.05, 3.63) is 18.0 Å². The van der Waals surface area contributed by atoms with Gasteiger partial charge in [-0.05, 0) is 38.7 Å². The van der Waals surface area contributed by atoms with Crippen molar-refractivity contribution >= 4 is 5.97 Å². The Bertz CT molecular complexity index is 426. The summed E-state index contributed by atoms with van der Waals surface area (Å²) >= 11 is 0. The summed E-state index contributed by atoms with van der Waals surface area (Å²) in [6.45, 7) is 2.19. The second-order valence-electron chi connectivity index (χ2n) is 4.78. The topological polar surface area (TPSA) is 44.1 Å². The van der Waals surface area contributed by atoms with E-state index >= 15 is 0 Å². The van der Waals surface area contributed by atoms with Gasteiger partial charge in [0.15, 0.2) is 0 Å². The fourth-order valence-electron chi connectivity index (χ4n) is 2.51. The molecule has 0 N–H and O–H groups in total. The highest BCUT2D eigenvalue weighted by Crippen LogP contribution is 2.33. The number of alkyl halides is 2. The van der Waals surface area contributed by atoms with E-state index in [1.54, 1.807) is 17.8 Å². The molecule has 6 heteroatoms. The quantitative estimate of drug-likeness (QED) is 0.791. The molecule has 19 heavy (non-hydrogen) atoms. The van der Waals surface area contributed by atoms with Gasteiger partial charge in [-0.1, -0.05) is 0 Å². The van der Waals surface area contributed by atoms with E-state index in [1.807, 2.05) is 0 Å². The fraction of sp³-hybridized carbons (Fsp3) is 0.692. The van der Waals surface area contributed by atoms with Crippen LogP contribution >= 0.6 is 0 Å². The third-order valence-corrected chi connectivity index (χ3v) is 3.54. The standard InChI is InChI=1S/C13H18F2N2O2/c1-2-19-13(18)9-3-5-10(6-4-9)17-8-7-11(16-17)12(14)15/h7-10,12H,2-6H2,1H3. The van der Waals surface area contributed by atoms with E-state index in [-0.39, 0.29) is 23.6 Å². The van der Waals surface area contributed by atoms with Crippen molar-refractivity contribution < 1.29 is 18.3 Å². The fourth-order valence-corrected chi connectivity index (χ4v) is 2.51. The lowest BCUT2D eigenvalue weighted by molar-refractivity contribution is -0.149. The molecule has 2 rings (SSSR count). The molecular formula is C13H18F2N2O2. The van der Waals surface area contributed by atoms with E-state index in [4.69, 9.17) is 4.74 Å². The minimum atomic E-state index is -2.53. The van der Waals surface area contributed by atoms with Crippen LogP contribution in [0.15, 0.2) is 12.3 Å². The van der Waals surface area contributed by atoms with Crippen LogP contribution in [0, 0.1) is 5.92 Å². The summed E-state index contributed by atoms with van der Waals surface area (Å²) in [5, 5.41) is 3.89. The molecule has 0 amide bonds. The summed E-state index contributed by atoms with van der Waals surface area (Å²) < 4.78 is 31.5. The van der Waals surface area contributed by atoms with Crippen molar-refractivity contribution in [1.82, 2.24) is 9.78 Å². The molecule has 4 nitrogen and oxygen atoms in total. The van der Waals surface area contributed by atoms with E-state index in [1.165, 1.54) is 6.07 Å². The van der Waals surface area contributed by atoms with E-state index in [0.717, 1.165) is 25.7 Å². The van der Waals surface area contributed by atoms with Crippen LogP contribution in [0.25, 0.3) is 0 Å². The van der Waals surface area contributed by atoms with Crippen LogP contribution in [0.5, 0.6) is 0 Å². The Morgan fingerprint density at radius 2 is 2.16 bits per heavy atom. The average molecular weight is 272 g/mol. The normalized spacial score (nSPS) is 23.6. The number of halogens is 2. The zero-order valence-corrected chi connectivity index (χ0v) is 10.9. The van der Waals surface area contributed by atoms with Gasteiger partial charge in [0.2, 0.25) is 0 Å². The monoisotopic (exact) mass is 272 g/mol. The van der Waals surface area contributed by atoms with E-state index in [0.29, 0.717) is 6.61 Å². The highest BCUT2D eigenvalue weighted by molar-refractivity contribution is 5.72. The van der Waals surface area contributed by atoms with Crippen LogP contribution in [0.4, 0.5) is 8.78 Å². The maximum Gasteiger partial charge on any atom is 0.308 e. The van der Waals surface area contributed by atoms with Crippen molar-refractivity contribution in [2.75, 3.05) is 6.61 Å². The number of hydrogen-bond donors (Lipinski definition) is 0. The molecule has 0 bridgehead atoms. The second-order valence-corrected chi connectivity index (χ2v) is 4.78. The van der Waals surface area contributed by atoms with Crippen LogP contribution in [-0.2, 0) is 9.53 Å². The van der Waals surface area contributed by atoms with Gasteiger partial charge < -0.3 is 4.74 Å². The van der Waals surface area contributed by atoms with Crippen LogP contribution in [0.3, 0.4) is 0 Å². The van der Waals surface area contributed by atoms with Gasteiger partial charge >= 0.3 is 5.97 Å². The second kappa shape index (κ2) is 6.12. The molecule has 0 aromatic carbocycles. The Kier molecular flexibility index (Phi) is 4.50. The Hall–Kier alpha value is -1.46. The Morgan fingerprint density at radius 1 is 1.47 bits per heavy atom. The van der Waals surface area contributed by atoms with Crippen LogP contribution in [-0.4, -0.2) is 22.4 Å². The molecule has 1 aliphatic rings. The lowest BCUT2D eigenvalue weighted by Crippen LogP contribution is -2.25. The van der Waals surface area contributed by atoms with Crippen molar-refractivity contribution in [2.45, 2.75) is 45.1 Å². The van der Waals surface area contributed by atoms with Gasteiger partial charge in [-0.15, -0.1) is 0 Å². The predicted octanol–water partition coefficient (Wildman–Crippen LogP) is 3.12. The van der Waals surface area contributed by atoms with Crippen LogP contribution < -0.4 is 0 Å². The molecule has 1 fully saturated rings. The number of ether oxygens (including phenoxy) is 1. The molecule has 0 spiro atoms. The summed E-state index contributed by atoms with van der Waals surface area (Å²) in [5.41, 5.74) is -0.187. The summed E-state index contributed by atoms with van der Waals surface area (Å²) in [4.78, 5) is 11.6. The molecule has 0 atom stereocenters. The first-order valence-electron chi connectivity index (χ1n) is 6.61. The number of hydrogen-bond acceptors (Lipinski definition) is 3. The summed E-state index contributed by atoms with van der Waals surface area (Å²) in [5.74, 6) is -0.198. The molecule has 0 saturated heterocycles. The van der Waals surface area contributed by atoms with Crippen molar-refractivity contribution in [2.24, 2.45) is 5.92 Å². The smallest absolute Gasteiger partial charge is 0.308 e. The van der Waals surface area contributed by atoms with Crippen LogP contribution in [0.1, 0.15) is 50.8 Å². The average Bonchev–Trinajstić information content (AvgIpc) is 2.89. The van der Waals surface area contributed by atoms with E-state index in [2.05, 4.69) is 5.10 Å². The third kappa shape index (κ3) is 3.30. The first-order valence-corrected chi connectivity index (χ1v) is 6.61. The van der Waals surface area contributed by atoms with Crippen molar-refractivity contribution in [3.8, 4) is 0 Å². The molecule has 1 aliphatic carbocycles. The largest absolute Gasteiger partial charge is 0.466 e. The van der Waals surface area contributed by atoms with Gasteiger partial charge in [-0.3, -0.25) is 9.48 Å². The molecule has 106 valence electrons. The maximum absolute atomic E-state index is 12.5. The van der Waals surface area contributed by atoms with Crippen LogP contribution in [0.2, 0.25) is 0 Å². The van der Waals surface area contributed by atoms with Gasteiger partial charge in [0.1, 0.15) is 5.69 Å². The zero-order valence-electron chi connectivity index (χ0n) is 10.9. The molecule has 1 aromatic rings. The van der Waals surface area contributed by atoms with E-state index in [9.17, 15) is 13.6 Å². The van der Waals surface area contributed by atoms with Gasteiger partial charge in [-0.25, -0.2) is 8.78 Å². The predicted molar refractivity (Wildman–Crippen MR) is 64.8 cm³/mol. The number of aromatic nitrogens is 2. The number of nitrogens with zero attached hydrogens (tertiary/aromatic N) is 2. The van der Waals surface area contributed by atoms with Gasteiger partial charge in [0.25, 0.3) is 6.43 Å². The van der Waals surface area contributed by atoms with Crippen molar-refractivity contribution in [3.63, 3.8) is 0 Å². The molecule has 1 saturated carbocycles. The molecule has 0 radical (unpaired) electrons. The first-order chi connectivity index (χ1) is 9.11. The highest BCUT2D eigenvalue weighted by Gasteiger charge is 2.28. The molecule has 1 heterocycles. The Morgan fingerprint density at radius 3 is 2.68 bits per heavy atom. The zero-order chi connectivity index (χ0) is 13.8. The Balaban J connectivity index is 1.90.